The van der Waals surface area contributed by atoms with E-state index in [2.05, 4.69) is 350 Å². The van der Waals surface area contributed by atoms with Crippen LogP contribution in [0.15, 0.2) is 349 Å². The van der Waals surface area contributed by atoms with E-state index in [1.54, 1.807) is 0 Å². The van der Waals surface area contributed by atoms with Gasteiger partial charge in [-0.1, -0.05) is 255 Å². The number of anilines is 6. The fraction of sp³-hybridized carbons (Fsp3) is 0.0217. The number of rotatable bonds is 9. The van der Waals surface area contributed by atoms with E-state index in [0.717, 1.165) is 151 Å². The van der Waals surface area contributed by atoms with Crippen LogP contribution in [0.25, 0.3) is 111 Å². The average Bonchev–Trinajstić information content (AvgIpc) is 1.37. The van der Waals surface area contributed by atoms with Gasteiger partial charge in [-0.15, -0.1) is 0 Å². The smallest absolute Gasteiger partial charge is 0.252 e. The Morgan fingerprint density at radius 3 is 1.07 bits per heavy atom. The molecule has 0 radical (unpaired) electrons. The summed E-state index contributed by atoms with van der Waals surface area (Å²) < 4.78 is 13.4. The zero-order valence-corrected chi connectivity index (χ0v) is 52.9. The van der Waals surface area contributed by atoms with Crippen molar-refractivity contribution in [3.63, 3.8) is 0 Å². The zero-order valence-electron chi connectivity index (χ0n) is 52.9. The highest BCUT2D eigenvalue weighted by atomic mass is 16.3. The van der Waals surface area contributed by atoms with E-state index in [1.807, 2.05) is 0 Å². The molecule has 97 heavy (non-hydrogen) atoms. The summed E-state index contributed by atoms with van der Waals surface area (Å²) in [7, 11) is 0. The molecule has 0 atom stereocenters. The topological polar surface area (TPSA) is 32.8 Å². The van der Waals surface area contributed by atoms with Gasteiger partial charge in [0.1, 0.15) is 22.3 Å². The molecule has 1 aliphatic carbocycles. The van der Waals surface area contributed by atoms with Crippen LogP contribution in [0.4, 0.5) is 34.1 Å². The SMILES string of the molecule is c1ccc(-c2cc(-c3ccccc3)cc(N3c4ccc(-c5cccc6oc7ccccc7c56)cc4B4c5cc(-c6cccc7oc8ccccc8c67)ccc5N(c5cc(-c6ccccc6)cc(-c6ccccc6)c5)c5cc(C6c7ccccc7Cc7ccccc76)cc3c54)c2)cc1. The number of hydrogen-bond donors (Lipinski definition) is 0. The Bertz CT molecular complexity index is 5540. The molecule has 2 aliphatic heterocycles. The van der Waals surface area contributed by atoms with Gasteiger partial charge >= 0.3 is 0 Å². The molecule has 5 heteroatoms. The van der Waals surface area contributed by atoms with Gasteiger partial charge < -0.3 is 18.6 Å². The van der Waals surface area contributed by atoms with Gasteiger partial charge in [-0.2, -0.15) is 0 Å². The van der Waals surface area contributed by atoms with Crippen LogP contribution in [-0.2, 0) is 6.42 Å². The van der Waals surface area contributed by atoms with Gasteiger partial charge in [-0.05, 0) is 202 Å². The molecular formula is C92H59BN2O2. The quantitative estimate of drug-likeness (QED) is 0.135. The molecule has 452 valence electrons. The summed E-state index contributed by atoms with van der Waals surface area (Å²) in [5.41, 5.74) is 34.0. The standard InChI is InChI=1S/C92H59BN2O2/c1-5-23-58(24-6-1)66-48-67(59-25-7-2-8-26-59)51-71(50-66)94-81-45-43-64(75-37-21-41-87-90(75)77-35-17-19-39-85(77)96-87)54-79(81)93-80-55-65(76-38-22-42-88-91(76)78-36-18-20-40-86(78)97-88)44-46-82(80)95(72-52-68(60-27-9-3-10-28-60)49-69(53-72)61-29-11-4-12-30-61)84-57-70(56-83(94)92(84)93)89-73-33-15-13-31-62(73)47-63-32-14-16-34-74(63)89/h1-46,48-57,89H,47H2. The first-order valence-electron chi connectivity index (χ1n) is 33.6. The minimum absolute atomic E-state index is 0.0843. The predicted octanol–water partition coefficient (Wildman–Crippen LogP) is 22.7. The van der Waals surface area contributed by atoms with Crippen LogP contribution in [0.2, 0.25) is 0 Å². The van der Waals surface area contributed by atoms with E-state index in [-0.39, 0.29) is 12.6 Å². The summed E-state index contributed by atoms with van der Waals surface area (Å²) in [6, 6.07) is 126. The van der Waals surface area contributed by atoms with E-state index in [1.165, 1.54) is 44.2 Å². The Hall–Kier alpha value is -12.4. The molecule has 0 spiro atoms. The minimum atomic E-state index is -0.278. The molecule has 3 aliphatic rings. The minimum Gasteiger partial charge on any atom is -0.456 e. The number of nitrogens with zero attached hydrogens (tertiary/aromatic N) is 2. The van der Waals surface area contributed by atoms with E-state index in [4.69, 9.17) is 8.83 Å². The average molecular weight is 1240 g/mol. The second-order valence-corrected chi connectivity index (χ2v) is 26.2. The molecule has 0 amide bonds. The highest BCUT2D eigenvalue weighted by Gasteiger charge is 2.45. The lowest BCUT2D eigenvalue weighted by Crippen LogP contribution is -2.61. The third-order valence-electron chi connectivity index (χ3n) is 20.7. The summed E-state index contributed by atoms with van der Waals surface area (Å²) in [5, 5.41) is 4.42. The van der Waals surface area contributed by atoms with Crippen molar-refractivity contribution in [1.29, 1.82) is 0 Å². The first-order chi connectivity index (χ1) is 48.1. The van der Waals surface area contributed by atoms with Crippen molar-refractivity contribution in [3.05, 3.63) is 368 Å². The van der Waals surface area contributed by atoms with Crippen LogP contribution in [0, 0.1) is 0 Å². The van der Waals surface area contributed by atoms with Crippen molar-refractivity contribution in [2.75, 3.05) is 9.80 Å². The van der Waals surface area contributed by atoms with Crippen molar-refractivity contribution in [2.24, 2.45) is 0 Å². The van der Waals surface area contributed by atoms with Gasteiger partial charge in [-0.3, -0.25) is 0 Å². The maximum absolute atomic E-state index is 6.68. The first kappa shape index (κ1) is 55.1. The third-order valence-corrected chi connectivity index (χ3v) is 20.7. The van der Waals surface area contributed by atoms with Crippen molar-refractivity contribution < 1.29 is 8.83 Å². The Balaban J connectivity index is 0.943. The molecule has 0 saturated carbocycles. The van der Waals surface area contributed by atoms with Crippen LogP contribution >= 0.6 is 0 Å². The largest absolute Gasteiger partial charge is 0.456 e. The van der Waals surface area contributed by atoms with Crippen molar-refractivity contribution in [3.8, 4) is 66.8 Å². The second-order valence-electron chi connectivity index (χ2n) is 26.2. The van der Waals surface area contributed by atoms with Crippen LogP contribution in [0.3, 0.4) is 0 Å². The van der Waals surface area contributed by atoms with Gasteiger partial charge in [0, 0.05) is 61.6 Å². The second kappa shape index (κ2) is 22.1. The van der Waals surface area contributed by atoms with Crippen LogP contribution in [-0.4, -0.2) is 6.71 Å². The van der Waals surface area contributed by atoms with Gasteiger partial charge in [0.05, 0.1) is 0 Å². The van der Waals surface area contributed by atoms with Crippen LogP contribution in [0.5, 0.6) is 0 Å². The van der Waals surface area contributed by atoms with Crippen LogP contribution < -0.4 is 26.2 Å². The highest BCUT2D eigenvalue weighted by molar-refractivity contribution is 7.00. The third kappa shape index (κ3) is 8.93. The van der Waals surface area contributed by atoms with Gasteiger partial charge in [-0.25, -0.2) is 0 Å². The molecule has 0 fully saturated rings. The Kier molecular flexibility index (Phi) is 12.5. The monoisotopic (exact) mass is 1230 g/mol. The Morgan fingerprint density at radius 1 is 0.278 bits per heavy atom. The first-order valence-corrected chi connectivity index (χ1v) is 33.6. The Labute approximate surface area is 562 Å². The Morgan fingerprint density at radius 2 is 0.649 bits per heavy atom. The van der Waals surface area contributed by atoms with Crippen LogP contribution in [0.1, 0.15) is 33.7 Å². The molecule has 2 aromatic heterocycles. The number of para-hydroxylation sites is 2. The molecule has 17 aromatic rings. The lowest BCUT2D eigenvalue weighted by atomic mass is 9.33. The summed E-state index contributed by atoms with van der Waals surface area (Å²) in [5.74, 6) is -0.0843. The summed E-state index contributed by atoms with van der Waals surface area (Å²) in [4.78, 5) is 5.26. The maximum Gasteiger partial charge on any atom is 0.252 e. The summed E-state index contributed by atoms with van der Waals surface area (Å²) >= 11 is 0. The van der Waals surface area contributed by atoms with Gasteiger partial charge in [0.2, 0.25) is 0 Å². The molecule has 15 aromatic carbocycles. The molecule has 0 N–H and O–H groups in total. The summed E-state index contributed by atoms with van der Waals surface area (Å²) in [6.07, 6.45) is 0.875. The number of benzene rings is 15. The van der Waals surface area contributed by atoms with E-state index in [0.29, 0.717) is 0 Å². The molecule has 0 saturated heterocycles. The lowest BCUT2D eigenvalue weighted by molar-refractivity contribution is 0.668. The summed E-state index contributed by atoms with van der Waals surface area (Å²) in [6.45, 7) is -0.278. The normalized spacial score (nSPS) is 13.0. The van der Waals surface area contributed by atoms with E-state index >= 15 is 0 Å². The number of fused-ring (bicyclic) bond motifs is 12. The van der Waals surface area contributed by atoms with E-state index in [9.17, 15) is 0 Å². The molecule has 20 rings (SSSR count). The molecule has 4 nitrogen and oxygen atoms in total. The fourth-order valence-corrected chi connectivity index (χ4v) is 16.5. The number of hydrogen-bond acceptors (Lipinski definition) is 4. The van der Waals surface area contributed by atoms with Crippen molar-refractivity contribution in [2.45, 2.75) is 12.3 Å². The van der Waals surface area contributed by atoms with Crippen molar-refractivity contribution >= 4 is 101 Å². The number of furan rings is 2. The molecule has 0 unspecified atom stereocenters. The van der Waals surface area contributed by atoms with Crippen molar-refractivity contribution in [1.82, 2.24) is 0 Å². The zero-order chi connectivity index (χ0) is 63.7. The molecule has 4 heterocycles. The van der Waals surface area contributed by atoms with E-state index < -0.39 is 0 Å². The maximum atomic E-state index is 6.68. The lowest BCUT2D eigenvalue weighted by Gasteiger charge is -2.45. The van der Waals surface area contributed by atoms with Gasteiger partial charge in [0.25, 0.3) is 6.71 Å². The fourth-order valence-electron chi connectivity index (χ4n) is 16.5. The predicted molar refractivity (Wildman–Crippen MR) is 404 cm³/mol. The molecule has 0 bridgehead atoms. The molecular weight excluding hydrogens is 1180 g/mol. The highest BCUT2D eigenvalue weighted by Crippen LogP contribution is 2.52. The van der Waals surface area contributed by atoms with Gasteiger partial charge in [0.15, 0.2) is 0 Å².